The number of ketones is 1. The molecule has 0 radical (unpaired) electrons. The minimum Gasteiger partial charge on any atom is -0.489 e. The summed E-state index contributed by atoms with van der Waals surface area (Å²) in [5.41, 5.74) is 2.64. The molecule has 1 fully saturated rings. The molecular formula is C56H60Cl4F4N6O11S3. The summed E-state index contributed by atoms with van der Waals surface area (Å²) < 4.78 is 100. The van der Waals surface area contributed by atoms with Crippen LogP contribution < -0.4 is 24.2 Å². The SMILES string of the molecule is CC1COc2ccccc2N1C(=O)C(Cl)Cl.CCc1cccc(C)c1N(C(=O)CCl)C(C)COC.COC(=O)CSc1cc(/N=c2\sc(=O)n3n2CCCC3)c(F)cc1Cl.CS(=O)(=O)c1cc(C(F)(F)F)ccc1C(=O)c1cnoc1C1CC1. The molecule has 2 atom stereocenters. The third-order valence-corrected chi connectivity index (χ3v) is 17.1. The average Bonchev–Trinajstić information content (AvgIpc) is 2.59. The molecule has 0 spiro atoms. The van der Waals surface area contributed by atoms with Gasteiger partial charge < -0.3 is 28.5 Å². The Balaban J connectivity index is 0.000000182. The Morgan fingerprint density at radius 2 is 1.68 bits per heavy atom. The lowest BCUT2D eigenvalue weighted by atomic mass is 10.0. The second kappa shape index (κ2) is 30.1. The van der Waals surface area contributed by atoms with Crippen molar-refractivity contribution >= 4 is 120 Å². The lowest BCUT2D eigenvalue weighted by Crippen LogP contribution is -2.47. The van der Waals surface area contributed by atoms with Crippen LogP contribution in [0.3, 0.4) is 0 Å². The molecule has 28 heteroatoms. The van der Waals surface area contributed by atoms with E-state index in [2.05, 4.69) is 27.9 Å². The van der Waals surface area contributed by atoms with Crippen molar-refractivity contribution in [3.05, 3.63) is 138 Å². The Kier molecular flexibility index (Phi) is 24.1. The molecule has 0 saturated heterocycles. The molecule has 4 aromatic carbocycles. The summed E-state index contributed by atoms with van der Waals surface area (Å²) in [5.74, 6) is -0.988. The first kappa shape index (κ1) is 67.4. The Bertz CT molecular complexity index is 3590. The molecule has 9 rings (SSSR count). The molecule has 17 nitrogen and oxygen atoms in total. The molecule has 3 aliphatic rings. The Morgan fingerprint density at radius 3 is 2.30 bits per heavy atom. The third-order valence-electron chi connectivity index (χ3n) is 13.1. The van der Waals surface area contributed by atoms with Gasteiger partial charge in [0.2, 0.25) is 10.7 Å². The Labute approximate surface area is 510 Å². The molecule has 2 unspecified atom stereocenters. The standard InChI is InChI=1S/C15H15ClFN3O3S2.C15H22ClNO2.C15H12F3NO4S.C11H11Cl2NO2/c1-23-13(21)8-24-12-7-11(10(17)6-9(12)16)18-14-19-4-2-3-5-20(19)15(22)25-14;1-5-13-8-6-7-11(2)15(13)17(14(18)9-16)12(3)10-19-4;1-24(21,22)12-6-9(15(16,17)18)4-5-10(12)13(20)11-7-19-23-14(11)8-2-3-8;1-7-6-16-9-5-3-2-4-8(9)14(7)11(15)10(12)13/h6-7H,2-5,8H2,1H3;6-8,12H,5,9-10H2,1-4H3;4-8H,2-3H2,1H3;2-5,7,10H,6H2,1H3/b18-14-;;;. The van der Waals surface area contributed by atoms with Gasteiger partial charge >= 0.3 is 17.0 Å². The van der Waals surface area contributed by atoms with Crippen LogP contribution in [0.2, 0.25) is 5.02 Å². The number of nitrogens with zero attached hydrogens (tertiary/aromatic N) is 6. The van der Waals surface area contributed by atoms with Gasteiger partial charge in [0.25, 0.3) is 5.91 Å². The van der Waals surface area contributed by atoms with Crippen LogP contribution in [0, 0.1) is 12.7 Å². The van der Waals surface area contributed by atoms with Gasteiger partial charge in [-0.1, -0.05) is 77.2 Å². The number of para-hydroxylation sites is 3. The highest BCUT2D eigenvalue weighted by Gasteiger charge is 2.37. The van der Waals surface area contributed by atoms with Crippen LogP contribution in [0.15, 0.2) is 103 Å². The fourth-order valence-electron chi connectivity index (χ4n) is 8.89. The number of halogens is 8. The van der Waals surface area contributed by atoms with E-state index in [1.165, 1.54) is 19.4 Å². The van der Waals surface area contributed by atoms with Gasteiger partial charge in [0.05, 0.1) is 70.2 Å². The number of aryl methyl sites for hydroxylation is 2. The average molecular weight is 1310 g/mol. The van der Waals surface area contributed by atoms with Crippen molar-refractivity contribution in [1.29, 1.82) is 0 Å². The molecule has 1 aliphatic carbocycles. The Morgan fingerprint density at radius 1 is 0.988 bits per heavy atom. The zero-order chi connectivity index (χ0) is 61.8. The maximum absolute atomic E-state index is 14.3. The number of sulfone groups is 1. The number of alkyl halides is 6. The number of carbonyl (C=O) groups excluding carboxylic acids is 4. The number of rotatable bonds is 15. The number of hydrogen-bond acceptors (Lipinski definition) is 15. The second-order valence-electron chi connectivity index (χ2n) is 19.3. The molecule has 0 N–H and O–H groups in total. The fourth-order valence-corrected chi connectivity index (χ4v) is 12.1. The van der Waals surface area contributed by atoms with Crippen LogP contribution in [0.4, 0.5) is 34.6 Å². The highest BCUT2D eigenvalue weighted by molar-refractivity contribution is 8.00. The number of hydrogen-bond donors (Lipinski definition) is 0. The normalized spacial score (nSPS) is 15.2. The first-order valence-electron chi connectivity index (χ1n) is 26.0. The number of methoxy groups -OCH3 is 2. The van der Waals surface area contributed by atoms with Gasteiger partial charge in [-0.25, -0.2) is 22.5 Å². The first-order chi connectivity index (χ1) is 39.7. The van der Waals surface area contributed by atoms with Gasteiger partial charge in [-0.2, -0.15) is 13.2 Å². The molecule has 2 aliphatic heterocycles. The van der Waals surface area contributed by atoms with Crippen LogP contribution in [0.1, 0.15) is 90.7 Å². The number of esters is 1. The van der Waals surface area contributed by atoms with Crippen molar-refractivity contribution in [2.75, 3.05) is 55.1 Å². The summed E-state index contributed by atoms with van der Waals surface area (Å²) in [6.07, 6.45) is 1.63. The van der Waals surface area contributed by atoms with E-state index in [9.17, 15) is 50.0 Å². The topological polar surface area (TPSA) is 202 Å². The Hall–Kier alpha value is -5.73. The maximum atomic E-state index is 14.3. The molecule has 1 saturated carbocycles. The lowest BCUT2D eigenvalue weighted by Gasteiger charge is -2.35. The number of anilines is 2. The summed E-state index contributed by atoms with van der Waals surface area (Å²) in [6, 6.07) is 18.0. The van der Waals surface area contributed by atoms with Gasteiger partial charge in [-0.05, 0) is 118 Å². The number of thioether (sulfide) groups is 1. The van der Waals surface area contributed by atoms with Crippen LogP contribution >= 0.6 is 69.5 Å². The maximum Gasteiger partial charge on any atom is 0.416 e. The predicted molar refractivity (Wildman–Crippen MR) is 316 cm³/mol. The van der Waals surface area contributed by atoms with E-state index in [0.29, 0.717) is 59.6 Å². The number of carbonyl (C=O) groups is 4. The van der Waals surface area contributed by atoms with Crippen LogP contribution in [0.5, 0.6) is 5.75 Å². The van der Waals surface area contributed by atoms with Gasteiger partial charge in [0, 0.05) is 42.8 Å². The molecule has 2 amide bonds. The number of aromatic nitrogens is 3. The van der Waals surface area contributed by atoms with Gasteiger partial charge in [-0.3, -0.25) is 28.7 Å². The quantitative estimate of drug-likeness (QED) is 0.0309. The molecule has 84 heavy (non-hydrogen) atoms. The largest absolute Gasteiger partial charge is 0.489 e. The van der Waals surface area contributed by atoms with Gasteiger partial charge in [-0.15, -0.1) is 23.4 Å². The van der Waals surface area contributed by atoms with E-state index in [4.69, 9.17) is 60.4 Å². The summed E-state index contributed by atoms with van der Waals surface area (Å²) in [6.45, 7) is 10.2. The minimum absolute atomic E-state index is 0.0223. The van der Waals surface area contributed by atoms with Crippen molar-refractivity contribution in [3.8, 4) is 5.75 Å². The summed E-state index contributed by atoms with van der Waals surface area (Å²) in [4.78, 5) is 66.9. The number of amides is 2. The van der Waals surface area contributed by atoms with Gasteiger partial charge in [0.1, 0.15) is 29.7 Å². The highest BCUT2D eigenvalue weighted by atomic mass is 35.5. The predicted octanol–water partition coefficient (Wildman–Crippen LogP) is 11.8. The van der Waals surface area contributed by atoms with Crippen molar-refractivity contribution in [2.24, 2.45) is 4.99 Å². The highest BCUT2D eigenvalue weighted by Crippen LogP contribution is 2.43. The van der Waals surface area contributed by atoms with E-state index in [0.717, 1.165) is 96.1 Å². The lowest BCUT2D eigenvalue weighted by molar-refractivity contribution is -0.138. The van der Waals surface area contributed by atoms with Crippen molar-refractivity contribution in [1.82, 2.24) is 14.5 Å². The fraction of sp³-hybridized carbons (Fsp3) is 0.411. The number of ether oxygens (including phenoxy) is 3. The second-order valence-corrected chi connectivity index (χ2v) is 25.0. The van der Waals surface area contributed by atoms with E-state index in [1.54, 1.807) is 26.3 Å². The van der Waals surface area contributed by atoms with E-state index >= 15 is 0 Å². The number of benzene rings is 4. The molecule has 2 aromatic heterocycles. The molecular weight excluding hydrogens is 1250 g/mol. The van der Waals surface area contributed by atoms with Crippen LogP contribution in [0.25, 0.3) is 0 Å². The zero-order valence-corrected chi connectivity index (χ0v) is 52.0. The van der Waals surface area contributed by atoms with Crippen molar-refractivity contribution in [2.45, 2.75) is 112 Å². The number of fused-ring (bicyclic) bond motifs is 2. The first-order valence-corrected chi connectivity index (χ1v) is 31.5. The zero-order valence-electron chi connectivity index (χ0n) is 46.5. The molecule has 4 heterocycles. The molecule has 0 bridgehead atoms. The summed E-state index contributed by atoms with van der Waals surface area (Å²) in [5, 5.41) is 3.75. The molecule has 6 aromatic rings. The minimum atomic E-state index is -4.71. The van der Waals surface area contributed by atoms with Crippen molar-refractivity contribution in [3.63, 3.8) is 0 Å². The van der Waals surface area contributed by atoms with Crippen molar-refractivity contribution < 1.29 is 63.9 Å². The van der Waals surface area contributed by atoms with E-state index < -0.39 is 48.9 Å². The molecule has 454 valence electrons. The smallest absolute Gasteiger partial charge is 0.416 e. The summed E-state index contributed by atoms with van der Waals surface area (Å²) >= 11 is 25.2. The third kappa shape index (κ3) is 17.0. The van der Waals surface area contributed by atoms with E-state index in [1.807, 2.05) is 57.2 Å². The summed E-state index contributed by atoms with van der Waals surface area (Å²) in [7, 11) is -1.11. The monoisotopic (exact) mass is 1300 g/mol. The van der Waals surface area contributed by atoms with Crippen LogP contribution in [-0.4, -0.2) is 109 Å². The van der Waals surface area contributed by atoms with Gasteiger partial charge in [0.15, 0.2) is 26.2 Å². The van der Waals surface area contributed by atoms with E-state index in [-0.39, 0.29) is 68.2 Å². The van der Waals surface area contributed by atoms with Crippen LogP contribution in [-0.2, 0) is 59.4 Å².